The van der Waals surface area contributed by atoms with E-state index in [1.807, 2.05) is 11.4 Å². The van der Waals surface area contributed by atoms with Gasteiger partial charge in [0.05, 0.1) is 4.88 Å². The first-order chi connectivity index (χ1) is 8.00. The topological polar surface area (TPSA) is 17.1 Å². The Morgan fingerprint density at radius 2 is 1.88 bits per heavy atom. The SMILES string of the molecule is Cc1cc(C(=O)c2sccc2Br)cc(C)c1F. The number of hydrogen-bond donors (Lipinski definition) is 0. The van der Waals surface area contributed by atoms with Gasteiger partial charge in [0.15, 0.2) is 0 Å². The summed E-state index contributed by atoms with van der Waals surface area (Å²) in [5.74, 6) is -0.315. The van der Waals surface area contributed by atoms with Crippen LogP contribution in [0.5, 0.6) is 0 Å². The van der Waals surface area contributed by atoms with E-state index in [1.165, 1.54) is 11.3 Å². The highest BCUT2D eigenvalue weighted by Crippen LogP contribution is 2.26. The summed E-state index contributed by atoms with van der Waals surface area (Å²) >= 11 is 4.71. The Labute approximate surface area is 111 Å². The van der Waals surface area contributed by atoms with Crippen LogP contribution in [0.4, 0.5) is 4.39 Å². The third-order valence-corrected chi connectivity index (χ3v) is 4.36. The third kappa shape index (κ3) is 2.33. The molecule has 0 saturated carbocycles. The van der Waals surface area contributed by atoms with Gasteiger partial charge in [0.1, 0.15) is 5.82 Å². The van der Waals surface area contributed by atoms with Crippen molar-refractivity contribution in [2.75, 3.05) is 0 Å². The molecule has 0 bridgehead atoms. The van der Waals surface area contributed by atoms with Gasteiger partial charge in [-0.3, -0.25) is 4.79 Å². The van der Waals surface area contributed by atoms with Gasteiger partial charge in [-0.2, -0.15) is 0 Å². The van der Waals surface area contributed by atoms with E-state index in [0.29, 0.717) is 21.6 Å². The number of ketones is 1. The Hall–Kier alpha value is -1.00. The molecule has 0 spiro atoms. The van der Waals surface area contributed by atoms with Crippen molar-refractivity contribution < 1.29 is 9.18 Å². The molecular weight excluding hydrogens is 303 g/mol. The van der Waals surface area contributed by atoms with Gasteiger partial charge in [0, 0.05) is 10.0 Å². The highest BCUT2D eigenvalue weighted by atomic mass is 79.9. The molecule has 0 fully saturated rings. The Balaban J connectivity index is 2.49. The van der Waals surface area contributed by atoms with Crippen molar-refractivity contribution in [2.24, 2.45) is 0 Å². The van der Waals surface area contributed by atoms with Crippen LogP contribution in [0, 0.1) is 19.7 Å². The lowest BCUT2D eigenvalue weighted by atomic mass is 10.0. The molecule has 0 atom stereocenters. The summed E-state index contributed by atoms with van der Waals surface area (Å²) < 4.78 is 14.3. The maximum absolute atomic E-state index is 13.5. The summed E-state index contributed by atoms with van der Waals surface area (Å²) in [5.41, 5.74) is 1.53. The predicted octanol–water partition coefficient (Wildman–Crippen LogP) is 4.50. The first-order valence-corrected chi connectivity index (χ1v) is 6.72. The van der Waals surface area contributed by atoms with Crippen molar-refractivity contribution in [3.05, 3.63) is 55.4 Å². The average Bonchev–Trinajstić information content (AvgIpc) is 2.70. The third-order valence-electron chi connectivity index (χ3n) is 2.52. The molecule has 0 aliphatic rings. The Morgan fingerprint density at radius 1 is 1.29 bits per heavy atom. The molecule has 0 aliphatic heterocycles. The quantitative estimate of drug-likeness (QED) is 0.746. The maximum Gasteiger partial charge on any atom is 0.204 e. The second-order valence-corrected chi connectivity index (χ2v) is 5.62. The van der Waals surface area contributed by atoms with Gasteiger partial charge in [0.2, 0.25) is 5.78 Å². The van der Waals surface area contributed by atoms with Gasteiger partial charge in [-0.1, -0.05) is 0 Å². The molecule has 0 N–H and O–H groups in total. The molecule has 2 aromatic rings. The van der Waals surface area contributed by atoms with Crippen LogP contribution in [0.1, 0.15) is 26.4 Å². The standard InChI is InChI=1S/C13H10BrFOS/c1-7-5-9(6-8(2)11(7)15)12(16)13-10(14)3-4-17-13/h3-6H,1-2H3. The van der Waals surface area contributed by atoms with Crippen LogP contribution in [0.3, 0.4) is 0 Å². The number of hydrogen-bond acceptors (Lipinski definition) is 2. The van der Waals surface area contributed by atoms with Gasteiger partial charge >= 0.3 is 0 Å². The molecular formula is C13H10BrFOS. The first kappa shape index (κ1) is 12.5. The van der Waals surface area contributed by atoms with Crippen LogP contribution >= 0.6 is 27.3 Å². The lowest BCUT2D eigenvalue weighted by molar-refractivity contribution is 0.104. The van der Waals surface area contributed by atoms with E-state index in [4.69, 9.17) is 0 Å². The van der Waals surface area contributed by atoms with Crippen molar-refractivity contribution in [3.8, 4) is 0 Å². The molecule has 17 heavy (non-hydrogen) atoms. The molecule has 0 saturated heterocycles. The van der Waals surface area contributed by atoms with E-state index < -0.39 is 0 Å². The van der Waals surface area contributed by atoms with Crippen molar-refractivity contribution >= 4 is 33.0 Å². The molecule has 0 aliphatic carbocycles. The smallest absolute Gasteiger partial charge is 0.204 e. The molecule has 1 nitrogen and oxygen atoms in total. The molecule has 2 rings (SSSR count). The Morgan fingerprint density at radius 3 is 2.35 bits per heavy atom. The van der Waals surface area contributed by atoms with Gasteiger partial charge in [0.25, 0.3) is 0 Å². The molecule has 0 radical (unpaired) electrons. The average molecular weight is 313 g/mol. The number of thiophene rings is 1. The number of rotatable bonds is 2. The van der Waals surface area contributed by atoms with E-state index in [0.717, 1.165) is 4.47 Å². The van der Waals surface area contributed by atoms with Gasteiger partial charge < -0.3 is 0 Å². The fourth-order valence-electron chi connectivity index (χ4n) is 1.66. The van der Waals surface area contributed by atoms with Gasteiger partial charge in [-0.05, 0) is 64.5 Å². The number of halogens is 2. The van der Waals surface area contributed by atoms with E-state index in [2.05, 4.69) is 15.9 Å². The monoisotopic (exact) mass is 312 g/mol. The number of benzene rings is 1. The number of carbonyl (C=O) groups is 1. The molecule has 4 heteroatoms. The summed E-state index contributed by atoms with van der Waals surface area (Å²) in [5, 5.41) is 1.85. The molecule has 0 amide bonds. The fraction of sp³-hybridized carbons (Fsp3) is 0.154. The van der Waals surface area contributed by atoms with Gasteiger partial charge in [-0.25, -0.2) is 4.39 Å². The molecule has 1 heterocycles. The molecule has 88 valence electrons. The minimum atomic E-state index is -0.244. The normalized spacial score (nSPS) is 10.6. The first-order valence-electron chi connectivity index (χ1n) is 5.05. The Bertz CT molecular complexity index is 566. The molecule has 1 aromatic carbocycles. The zero-order chi connectivity index (χ0) is 12.6. The van der Waals surface area contributed by atoms with Crippen molar-refractivity contribution in [2.45, 2.75) is 13.8 Å². The Kier molecular flexibility index (Phi) is 3.45. The van der Waals surface area contributed by atoms with E-state index >= 15 is 0 Å². The largest absolute Gasteiger partial charge is 0.288 e. The highest BCUT2D eigenvalue weighted by Gasteiger charge is 2.16. The fourth-order valence-corrected chi connectivity index (χ4v) is 3.18. The predicted molar refractivity (Wildman–Crippen MR) is 71.3 cm³/mol. The lowest BCUT2D eigenvalue weighted by Gasteiger charge is -2.05. The number of aryl methyl sites for hydroxylation is 2. The minimum absolute atomic E-state index is 0.0712. The maximum atomic E-state index is 13.5. The molecule has 0 unspecified atom stereocenters. The van der Waals surface area contributed by atoms with E-state index in [-0.39, 0.29) is 11.6 Å². The lowest BCUT2D eigenvalue weighted by Crippen LogP contribution is -2.02. The summed E-state index contributed by atoms with van der Waals surface area (Å²) in [7, 11) is 0. The van der Waals surface area contributed by atoms with Crippen LogP contribution in [0.25, 0.3) is 0 Å². The van der Waals surface area contributed by atoms with Crippen LogP contribution in [0.2, 0.25) is 0 Å². The second kappa shape index (κ2) is 4.70. The zero-order valence-corrected chi connectivity index (χ0v) is 11.8. The highest BCUT2D eigenvalue weighted by molar-refractivity contribution is 9.10. The van der Waals surface area contributed by atoms with Gasteiger partial charge in [-0.15, -0.1) is 11.3 Å². The summed E-state index contributed by atoms with van der Waals surface area (Å²) in [6, 6.07) is 5.02. The zero-order valence-electron chi connectivity index (χ0n) is 9.38. The number of carbonyl (C=O) groups excluding carboxylic acids is 1. The molecule has 1 aromatic heterocycles. The second-order valence-electron chi connectivity index (χ2n) is 3.85. The van der Waals surface area contributed by atoms with Crippen molar-refractivity contribution in [3.63, 3.8) is 0 Å². The summed E-state index contributed by atoms with van der Waals surface area (Å²) in [6.45, 7) is 3.34. The van der Waals surface area contributed by atoms with Crippen molar-refractivity contribution in [1.29, 1.82) is 0 Å². The van der Waals surface area contributed by atoms with E-state index in [9.17, 15) is 9.18 Å². The van der Waals surface area contributed by atoms with Crippen LogP contribution in [-0.2, 0) is 0 Å². The van der Waals surface area contributed by atoms with Crippen molar-refractivity contribution in [1.82, 2.24) is 0 Å². The summed E-state index contributed by atoms with van der Waals surface area (Å²) in [4.78, 5) is 12.9. The minimum Gasteiger partial charge on any atom is -0.288 e. The van der Waals surface area contributed by atoms with Crippen LogP contribution < -0.4 is 0 Å². The summed E-state index contributed by atoms with van der Waals surface area (Å²) in [6.07, 6.45) is 0. The van der Waals surface area contributed by atoms with Crippen LogP contribution in [0.15, 0.2) is 28.1 Å². The van der Waals surface area contributed by atoms with Crippen LogP contribution in [-0.4, -0.2) is 5.78 Å². The van der Waals surface area contributed by atoms with E-state index in [1.54, 1.807) is 26.0 Å².